The van der Waals surface area contributed by atoms with E-state index in [2.05, 4.69) is 63.1 Å². The largest absolute Gasteiger partial charge is 0.305 e. The highest BCUT2D eigenvalue weighted by molar-refractivity contribution is 7.11. The quantitative estimate of drug-likeness (QED) is 0.902. The van der Waals surface area contributed by atoms with Gasteiger partial charge in [0.15, 0.2) is 0 Å². The molecular weight excluding hydrogens is 252 g/mol. The van der Waals surface area contributed by atoms with Crippen LogP contribution in [0, 0.1) is 27.7 Å². The first-order chi connectivity index (χ1) is 8.99. The molecule has 1 atom stereocenters. The van der Waals surface area contributed by atoms with Gasteiger partial charge in [0.2, 0.25) is 0 Å². The Balaban J connectivity index is 2.06. The van der Waals surface area contributed by atoms with E-state index >= 15 is 0 Å². The second-order valence-electron chi connectivity index (χ2n) is 5.14. The van der Waals surface area contributed by atoms with Crippen molar-refractivity contribution >= 4 is 11.3 Å². The van der Waals surface area contributed by atoms with Crippen molar-refractivity contribution in [3.05, 3.63) is 50.5 Å². The normalized spacial score (nSPS) is 12.7. The molecule has 2 rings (SSSR count). The summed E-state index contributed by atoms with van der Waals surface area (Å²) in [7, 11) is 0. The first kappa shape index (κ1) is 14.2. The van der Waals surface area contributed by atoms with Crippen LogP contribution in [-0.2, 0) is 6.54 Å². The zero-order chi connectivity index (χ0) is 14.0. The van der Waals surface area contributed by atoms with E-state index in [4.69, 9.17) is 0 Å². The fraction of sp³-hybridized carbons (Fsp3) is 0.438. The van der Waals surface area contributed by atoms with E-state index in [-0.39, 0.29) is 0 Å². The van der Waals surface area contributed by atoms with Gasteiger partial charge in [0, 0.05) is 17.5 Å². The van der Waals surface area contributed by atoms with Crippen molar-refractivity contribution in [2.24, 2.45) is 0 Å². The molecule has 0 aliphatic rings. The molecule has 0 aliphatic carbocycles. The molecule has 0 amide bonds. The van der Waals surface area contributed by atoms with Gasteiger partial charge in [0.1, 0.15) is 0 Å². The van der Waals surface area contributed by atoms with Gasteiger partial charge in [-0.15, -0.1) is 11.3 Å². The third-order valence-corrected chi connectivity index (χ3v) is 4.90. The van der Waals surface area contributed by atoms with Crippen LogP contribution in [0.2, 0.25) is 0 Å². The molecule has 0 fully saturated rings. The van der Waals surface area contributed by atoms with Crippen LogP contribution in [0.3, 0.4) is 0 Å². The van der Waals surface area contributed by atoms with Gasteiger partial charge in [0.05, 0.1) is 10.7 Å². The highest BCUT2D eigenvalue weighted by atomic mass is 32.1. The van der Waals surface area contributed by atoms with E-state index in [1.807, 2.05) is 0 Å². The predicted octanol–water partition coefficient (Wildman–Crippen LogP) is 4.23. The van der Waals surface area contributed by atoms with Crippen LogP contribution in [0.5, 0.6) is 0 Å². The number of rotatable bonds is 4. The number of nitrogens with one attached hydrogen (secondary N) is 1. The molecule has 0 saturated heterocycles. The zero-order valence-electron chi connectivity index (χ0n) is 12.4. The summed E-state index contributed by atoms with van der Waals surface area (Å²) in [5.74, 6) is 0. The molecule has 102 valence electrons. The molecule has 0 radical (unpaired) electrons. The molecule has 1 aromatic carbocycles. The van der Waals surface area contributed by atoms with Crippen LogP contribution in [0.25, 0.3) is 0 Å². The summed E-state index contributed by atoms with van der Waals surface area (Å²) in [6.07, 6.45) is 0. The molecule has 2 nitrogen and oxygen atoms in total. The second kappa shape index (κ2) is 5.85. The van der Waals surface area contributed by atoms with E-state index in [0.29, 0.717) is 6.04 Å². The van der Waals surface area contributed by atoms with Crippen LogP contribution in [-0.4, -0.2) is 4.98 Å². The van der Waals surface area contributed by atoms with Crippen LogP contribution in [0.1, 0.15) is 45.2 Å². The fourth-order valence-corrected chi connectivity index (χ4v) is 3.26. The molecule has 1 heterocycles. The lowest BCUT2D eigenvalue weighted by molar-refractivity contribution is 0.578. The van der Waals surface area contributed by atoms with Gasteiger partial charge >= 0.3 is 0 Å². The number of thiazole rings is 1. The average Bonchev–Trinajstić information content (AvgIpc) is 2.70. The Kier molecular flexibility index (Phi) is 4.38. The molecular formula is C16H22N2S. The summed E-state index contributed by atoms with van der Waals surface area (Å²) in [5, 5.41) is 4.75. The number of aromatic nitrogens is 1. The monoisotopic (exact) mass is 274 g/mol. The van der Waals surface area contributed by atoms with Gasteiger partial charge in [-0.3, -0.25) is 0 Å². The number of nitrogens with zero attached hydrogens (tertiary/aromatic N) is 1. The number of benzene rings is 1. The molecule has 3 heteroatoms. The van der Waals surface area contributed by atoms with Crippen LogP contribution < -0.4 is 5.32 Å². The fourth-order valence-electron chi connectivity index (χ4n) is 2.31. The minimum Gasteiger partial charge on any atom is -0.305 e. The summed E-state index contributed by atoms with van der Waals surface area (Å²) >= 11 is 1.79. The number of hydrogen-bond acceptors (Lipinski definition) is 3. The van der Waals surface area contributed by atoms with E-state index < -0.39 is 0 Å². The molecule has 0 spiro atoms. The molecule has 1 aromatic heterocycles. The highest BCUT2D eigenvalue weighted by Crippen LogP contribution is 2.25. The molecule has 19 heavy (non-hydrogen) atoms. The van der Waals surface area contributed by atoms with Crippen molar-refractivity contribution in [1.82, 2.24) is 10.3 Å². The van der Waals surface area contributed by atoms with Gasteiger partial charge < -0.3 is 5.32 Å². The first-order valence-corrected chi connectivity index (χ1v) is 7.53. The molecule has 0 bridgehead atoms. The van der Waals surface area contributed by atoms with Crippen LogP contribution in [0.4, 0.5) is 0 Å². The van der Waals surface area contributed by atoms with Crippen molar-refractivity contribution in [2.75, 3.05) is 0 Å². The Morgan fingerprint density at radius 3 is 2.58 bits per heavy atom. The standard InChI is InChI=1S/C16H22N2S/c1-10-7-6-8-15(11(10)2)9-17-12(3)16-13(4)18-14(5)19-16/h6-8,12,17H,9H2,1-5H3. The van der Waals surface area contributed by atoms with E-state index in [1.165, 1.54) is 21.6 Å². The van der Waals surface area contributed by atoms with E-state index in [9.17, 15) is 0 Å². The van der Waals surface area contributed by atoms with Crippen molar-refractivity contribution in [1.29, 1.82) is 0 Å². The lowest BCUT2D eigenvalue weighted by Crippen LogP contribution is -2.18. The second-order valence-corrected chi connectivity index (χ2v) is 6.38. The van der Waals surface area contributed by atoms with Gasteiger partial charge in [-0.05, 0) is 51.3 Å². The van der Waals surface area contributed by atoms with Gasteiger partial charge in [-0.25, -0.2) is 4.98 Å². The Morgan fingerprint density at radius 1 is 1.21 bits per heavy atom. The molecule has 0 saturated carbocycles. The Morgan fingerprint density at radius 2 is 1.95 bits per heavy atom. The maximum Gasteiger partial charge on any atom is 0.0900 e. The van der Waals surface area contributed by atoms with Crippen molar-refractivity contribution in [3.63, 3.8) is 0 Å². The Hall–Kier alpha value is -1.19. The first-order valence-electron chi connectivity index (χ1n) is 6.71. The maximum atomic E-state index is 4.50. The van der Waals surface area contributed by atoms with Gasteiger partial charge in [-0.2, -0.15) is 0 Å². The van der Waals surface area contributed by atoms with Crippen LogP contribution in [0.15, 0.2) is 18.2 Å². The molecule has 0 aliphatic heterocycles. The summed E-state index contributed by atoms with van der Waals surface area (Å²) in [6, 6.07) is 6.85. The van der Waals surface area contributed by atoms with Crippen molar-refractivity contribution < 1.29 is 0 Å². The number of hydrogen-bond donors (Lipinski definition) is 1. The highest BCUT2D eigenvalue weighted by Gasteiger charge is 2.12. The maximum absolute atomic E-state index is 4.50. The SMILES string of the molecule is Cc1nc(C)c(C(C)NCc2cccc(C)c2C)s1. The third-order valence-electron chi connectivity index (χ3n) is 3.65. The number of aryl methyl sites for hydroxylation is 3. The smallest absolute Gasteiger partial charge is 0.0900 e. The topological polar surface area (TPSA) is 24.9 Å². The average molecular weight is 274 g/mol. The predicted molar refractivity (Wildman–Crippen MR) is 82.8 cm³/mol. The molecule has 1 N–H and O–H groups in total. The van der Waals surface area contributed by atoms with E-state index in [1.54, 1.807) is 11.3 Å². The third kappa shape index (κ3) is 3.23. The Bertz CT molecular complexity index is 572. The summed E-state index contributed by atoms with van der Waals surface area (Å²) in [4.78, 5) is 5.85. The van der Waals surface area contributed by atoms with Crippen molar-refractivity contribution in [2.45, 2.75) is 47.2 Å². The summed E-state index contributed by atoms with van der Waals surface area (Å²) in [6.45, 7) is 11.6. The Labute approximate surface area is 119 Å². The lowest BCUT2D eigenvalue weighted by Gasteiger charge is -2.15. The van der Waals surface area contributed by atoms with Crippen LogP contribution >= 0.6 is 11.3 Å². The van der Waals surface area contributed by atoms with Gasteiger partial charge in [-0.1, -0.05) is 18.2 Å². The van der Waals surface area contributed by atoms with Gasteiger partial charge in [0.25, 0.3) is 0 Å². The van der Waals surface area contributed by atoms with E-state index in [0.717, 1.165) is 17.2 Å². The summed E-state index contributed by atoms with van der Waals surface area (Å²) < 4.78 is 0. The minimum atomic E-state index is 0.353. The summed E-state index contributed by atoms with van der Waals surface area (Å²) in [5.41, 5.74) is 5.28. The lowest BCUT2D eigenvalue weighted by atomic mass is 10.0. The zero-order valence-corrected chi connectivity index (χ0v) is 13.2. The molecule has 1 unspecified atom stereocenters. The minimum absolute atomic E-state index is 0.353. The molecule has 2 aromatic rings. The van der Waals surface area contributed by atoms with Crippen molar-refractivity contribution in [3.8, 4) is 0 Å².